The first-order valence-corrected chi connectivity index (χ1v) is 5.38. The van der Waals surface area contributed by atoms with Crippen LogP contribution in [0.1, 0.15) is 0 Å². The van der Waals surface area contributed by atoms with E-state index in [1.165, 1.54) is 0 Å². The predicted octanol–water partition coefficient (Wildman–Crippen LogP) is 2.17. The Kier molecular flexibility index (Phi) is 3.41. The first kappa shape index (κ1) is 11.4. The van der Waals surface area contributed by atoms with E-state index in [9.17, 15) is 0 Å². The number of methoxy groups -OCH3 is 2. The van der Waals surface area contributed by atoms with Crippen molar-refractivity contribution in [2.24, 2.45) is 0 Å². The second-order valence-electron chi connectivity index (χ2n) is 3.57. The number of nitrogens with one attached hydrogen (secondary N) is 1. The molecule has 16 heavy (non-hydrogen) atoms. The molecular formula is C11H14ClNO3. The summed E-state index contributed by atoms with van der Waals surface area (Å²) in [5.41, 5.74) is 0.872. The number of anilines is 1. The highest BCUT2D eigenvalue weighted by Gasteiger charge is 2.20. The second kappa shape index (κ2) is 4.80. The lowest BCUT2D eigenvalue weighted by Gasteiger charge is -2.28. The fraction of sp³-hybridized carbons (Fsp3) is 0.455. The Labute approximate surface area is 99.4 Å². The third-order valence-electron chi connectivity index (χ3n) is 2.47. The molecule has 1 N–H and O–H groups in total. The van der Waals surface area contributed by atoms with Crippen molar-refractivity contribution in [1.29, 1.82) is 0 Å². The van der Waals surface area contributed by atoms with Crippen LogP contribution < -0.4 is 14.8 Å². The topological polar surface area (TPSA) is 39.7 Å². The van der Waals surface area contributed by atoms with Gasteiger partial charge in [0, 0.05) is 12.1 Å². The maximum absolute atomic E-state index is 6.01. The molecule has 0 atom stereocenters. The molecule has 1 aromatic rings. The largest absolute Gasteiger partial charge is 0.495 e. The average molecular weight is 244 g/mol. The SMILES string of the molecule is COc1cc(NC2COC2)c(OC)cc1Cl. The molecule has 88 valence electrons. The van der Waals surface area contributed by atoms with Crippen molar-refractivity contribution in [3.05, 3.63) is 17.2 Å². The summed E-state index contributed by atoms with van der Waals surface area (Å²) in [5, 5.41) is 3.85. The molecule has 5 heteroatoms. The van der Waals surface area contributed by atoms with Crippen LogP contribution in [0.4, 0.5) is 5.69 Å². The van der Waals surface area contributed by atoms with E-state index in [1.807, 2.05) is 6.07 Å². The summed E-state index contributed by atoms with van der Waals surface area (Å²) < 4.78 is 15.5. The minimum atomic E-state index is 0.333. The summed E-state index contributed by atoms with van der Waals surface area (Å²) in [5.74, 6) is 1.34. The van der Waals surface area contributed by atoms with Crippen LogP contribution >= 0.6 is 11.6 Å². The van der Waals surface area contributed by atoms with Crippen molar-refractivity contribution in [3.8, 4) is 11.5 Å². The highest BCUT2D eigenvalue weighted by atomic mass is 35.5. The summed E-state index contributed by atoms with van der Waals surface area (Å²) in [6, 6.07) is 3.90. The third-order valence-corrected chi connectivity index (χ3v) is 2.77. The van der Waals surface area contributed by atoms with E-state index in [0.717, 1.165) is 5.69 Å². The normalized spacial score (nSPS) is 15.4. The first-order chi connectivity index (χ1) is 7.74. The van der Waals surface area contributed by atoms with Crippen molar-refractivity contribution in [2.75, 3.05) is 32.8 Å². The summed E-state index contributed by atoms with van der Waals surface area (Å²) >= 11 is 6.01. The maximum atomic E-state index is 6.01. The molecular weight excluding hydrogens is 230 g/mol. The van der Waals surface area contributed by atoms with Gasteiger partial charge in [0.15, 0.2) is 0 Å². The maximum Gasteiger partial charge on any atom is 0.143 e. The number of hydrogen-bond donors (Lipinski definition) is 1. The van der Waals surface area contributed by atoms with Gasteiger partial charge in [-0.3, -0.25) is 0 Å². The van der Waals surface area contributed by atoms with Crippen LogP contribution in [0.5, 0.6) is 11.5 Å². The molecule has 0 aliphatic carbocycles. The van der Waals surface area contributed by atoms with Crippen LogP contribution in [0.2, 0.25) is 5.02 Å². The van der Waals surface area contributed by atoms with Crippen LogP contribution in [0.3, 0.4) is 0 Å². The zero-order chi connectivity index (χ0) is 11.5. The van der Waals surface area contributed by atoms with Crippen molar-refractivity contribution < 1.29 is 14.2 Å². The van der Waals surface area contributed by atoms with Crippen LogP contribution in [0.25, 0.3) is 0 Å². The van der Waals surface area contributed by atoms with E-state index in [4.69, 9.17) is 25.8 Å². The fourth-order valence-electron chi connectivity index (χ4n) is 1.51. The van der Waals surface area contributed by atoms with Gasteiger partial charge >= 0.3 is 0 Å². The van der Waals surface area contributed by atoms with Crippen molar-refractivity contribution in [2.45, 2.75) is 6.04 Å². The minimum absolute atomic E-state index is 0.333. The second-order valence-corrected chi connectivity index (χ2v) is 3.97. The van der Waals surface area contributed by atoms with Gasteiger partial charge in [0.25, 0.3) is 0 Å². The lowest BCUT2D eigenvalue weighted by molar-refractivity contribution is 0.0210. The molecule has 0 bridgehead atoms. The molecule has 0 radical (unpaired) electrons. The molecule has 4 nitrogen and oxygen atoms in total. The van der Waals surface area contributed by atoms with E-state index >= 15 is 0 Å². The molecule has 0 aromatic heterocycles. The molecule has 1 aromatic carbocycles. The monoisotopic (exact) mass is 243 g/mol. The Morgan fingerprint density at radius 1 is 1.25 bits per heavy atom. The molecule has 1 aliphatic rings. The Hall–Kier alpha value is -1.13. The average Bonchev–Trinajstić information content (AvgIpc) is 2.24. The summed E-state index contributed by atoms with van der Waals surface area (Å²) in [6.07, 6.45) is 0. The molecule has 1 heterocycles. The Balaban J connectivity index is 2.25. The zero-order valence-corrected chi connectivity index (χ0v) is 10.0. The van der Waals surface area contributed by atoms with E-state index in [-0.39, 0.29) is 0 Å². The number of hydrogen-bond acceptors (Lipinski definition) is 4. The highest BCUT2D eigenvalue weighted by Crippen LogP contribution is 2.36. The summed E-state index contributed by atoms with van der Waals surface area (Å²) in [7, 11) is 3.20. The van der Waals surface area contributed by atoms with Gasteiger partial charge in [0.05, 0.1) is 44.2 Å². The van der Waals surface area contributed by atoms with Crippen LogP contribution in [-0.2, 0) is 4.74 Å². The van der Waals surface area contributed by atoms with E-state index < -0.39 is 0 Å². The number of ether oxygens (including phenoxy) is 3. The number of benzene rings is 1. The Bertz CT molecular complexity index is 380. The van der Waals surface area contributed by atoms with Gasteiger partial charge in [-0.05, 0) is 0 Å². The number of rotatable bonds is 4. The van der Waals surface area contributed by atoms with E-state index in [0.29, 0.717) is 35.8 Å². The smallest absolute Gasteiger partial charge is 0.143 e. The van der Waals surface area contributed by atoms with Gasteiger partial charge in [-0.25, -0.2) is 0 Å². The Morgan fingerprint density at radius 3 is 2.44 bits per heavy atom. The van der Waals surface area contributed by atoms with Crippen LogP contribution in [-0.4, -0.2) is 33.5 Å². The van der Waals surface area contributed by atoms with Crippen molar-refractivity contribution >= 4 is 17.3 Å². The quantitative estimate of drug-likeness (QED) is 0.880. The molecule has 1 fully saturated rings. The fourth-order valence-corrected chi connectivity index (χ4v) is 1.74. The van der Waals surface area contributed by atoms with Gasteiger partial charge in [-0.2, -0.15) is 0 Å². The van der Waals surface area contributed by atoms with Gasteiger partial charge in [-0.15, -0.1) is 0 Å². The predicted molar refractivity (Wildman–Crippen MR) is 62.8 cm³/mol. The van der Waals surface area contributed by atoms with Crippen molar-refractivity contribution in [3.63, 3.8) is 0 Å². The van der Waals surface area contributed by atoms with Gasteiger partial charge in [-0.1, -0.05) is 11.6 Å². The van der Waals surface area contributed by atoms with Crippen LogP contribution in [0.15, 0.2) is 12.1 Å². The third kappa shape index (κ3) is 2.18. The lowest BCUT2D eigenvalue weighted by Crippen LogP contribution is -2.40. The van der Waals surface area contributed by atoms with Gasteiger partial charge < -0.3 is 19.5 Å². The van der Waals surface area contributed by atoms with Gasteiger partial charge in [0.1, 0.15) is 11.5 Å². The Morgan fingerprint density at radius 2 is 1.94 bits per heavy atom. The molecule has 2 rings (SSSR count). The molecule has 0 amide bonds. The summed E-state index contributed by atoms with van der Waals surface area (Å²) in [4.78, 5) is 0. The molecule has 0 saturated carbocycles. The molecule has 0 unspecified atom stereocenters. The first-order valence-electron chi connectivity index (χ1n) is 5.00. The van der Waals surface area contributed by atoms with Gasteiger partial charge in [0.2, 0.25) is 0 Å². The van der Waals surface area contributed by atoms with Crippen LogP contribution in [0, 0.1) is 0 Å². The minimum Gasteiger partial charge on any atom is -0.495 e. The molecule has 0 spiro atoms. The highest BCUT2D eigenvalue weighted by molar-refractivity contribution is 6.32. The standard InChI is InChI=1S/C11H14ClNO3/c1-14-10-4-9(13-7-5-16-6-7)11(15-2)3-8(10)12/h3-4,7,13H,5-6H2,1-2H3. The van der Waals surface area contributed by atoms with E-state index in [2.05, 4.69) is 5.32 Å². The molecule has 1 aliphatic heterocycles. The molecule has 1 saturated heterocycles. The number of halogens is 1. The van der Waals surface area contributed by atoms with Crippen molar-refractivity contribution in [1.82, 2.24) is 0 Å². The lowest BCUT2D eigenvalue weighted by atomic mass is 10.2. The zero-order valence-electron chi connectivity index (χ0n) is 9.25. The van der Waals surface area contributed by atoms with E-state index in [1.54, 1.807) is 20.3 Å². The summed E-state index contributed by atoms with van der Waals surface area (Å²) in [6.45, 7) is 1.43.